The number of aliphatic imine (C=N–C) groups is 1. The lowest BCUT2D eigenvalue weighted by molar-refractivity contribution is 1.38. The summed E-state index contributed by atoms with van der Waals surface area (Å²) in [6, 6.07) is 16.2. The number of hydrogen-bond donors (Lipinski definition) is 1. The number of amidine groups is 1. The van der Waals surface area contributed by atoms with Crippen LogP contribution in [-0.2, 0) is 0 Å². The number of aromatic nitrogens is 1. The van der Waals surface area contributed by atoms with E-state index in [0.717, 1.165) is 27.5 Å². The Kier molecular flexibility index (Phi) is 4.74. The summed E-state index contributed by atoms with van der Waals surface area (Å²) in [5.74, 6) is 0.627. The van der Waals surface area contributed by atoms with E-state index in [1.165, 1.54) is 5.56 Å². The summed E-state index contributed by atoms with van der Waals surface area (Å²) < 4.78 is 0. The molecule has 3 aromatic rings. The van der Waals surface area contributed by atoms with E-state index in [-0.39, 0.29) is 5.88 Å². The molecule has 0 amide bonds. The van der Waals surface area contributed by atoms with Crippen molar-refractivity contribution >= 4 is 34.5 Å². The van der Waals surface area contributed by atoms with Crippen LogP contribution in [0.25, 0.3) is 21.8 Å². The summed E-state index contributed by atoms with van der Waals surface area (Å²) in [6.45, 7) is 2.08. The Hall–Kier alpha value is -2.17. The number of benzene rings is 2. The van der Waals surface area contributed by atoms with Crippen LogP contribution in [0.15, 0.2) is 58.9 Å². The minimum atomic E-state index is 0.221. The van der Waals surface area contributed by atoms with Crippen molar-refractivity contribution in [3.8, 4) is 21.8 Å². The molecule has 2 N–H and O–H groups in total. The number of nitrogens with zero attached hydrogens (tertiary/aromatic N) is 2. The molecule has 0 fully saturated rings. The Morgan fingerprint density at radius 3 is 2.70 bits per heavy atom. The van der Waals surface area contributed by atoms with E-state index < -0.39 is 0 Å². The first-order valence-electron chi connectivity index (χ1n) is 7.18. The maximum absolute atomic E-state index is 5.69. The Labute approximate surface area is 144 Å². The molecule has 3 rings (SSSR count). The molecule has 0 radical (unpaired) electrons. The predicted octanol–water partition coefficient (Wildman–Crippen LogP) is 5.01. The monoisotopic (exact) mass is 341 g/mol. The lowest BCUT2D eigenvalue weighted by Crippen LogP contribution is -2.12. The van der Waals surface area contributed by atoms with E-state index in [1.807, 2.05) is 24.3 Å². The van der Waals surface area contributed by atoms with Gasteiger partial charge in [-0.05, 0) is 19.1 Å². The van der Waals surface area contributed by atoms with Gasteiger partial charge < -0.3 is 5.73 Å². The van der Waals surface area contributed by atoms with Crippen molar-refractivity contribution in [3.05, 3.63) is 59.5 Å². The first-order chi connectivity index (χ1) is 11.2. The van der Waals surface area contributed by atoms with Crippen molar-refractivity contribution in [1.29, 1.82) is 0 Å². The Morgan fingerprint density at radius 2 is 1.96 bits per heavy atom. The molecule has 0 spiro atoms. The zero-order chi connectivity index (χ0) is 16.2. The second-order valence-corrected chi connectivity index (χ2v) is 6.32. The molecule has 0 saturated carbocycles. The second-order valence-electron chi connectivity index (χ2n) is 5.19. The molecular formula is C18H16ClN3S. The number of nitrogens with two attached hydrogens (primary N) is 1. The van der Waals surface area contributed by atoms with Crippen molar-refractivity contribution in [2.75, 3.05) is 5.88 Å². The van der Waals surface area contributed by atoms with Crippen LogP contribution in [0.3, 0.4) is 0 Å². The van der Waals surface area contributed by atoms with Gasteiger partial charge in [0, 0.05) is 16.5 Å². The van der Waals surface area contributed by atoms with E-state index in [0.29, 0.717) is 5.84 Å². The number of halogens is 1. The predicted molar refractivity (Wildman–Crippen MR) is 99.7 cm³/mol. The molecule has 0 bridgehead atoms. The quantitative estimate of drug-likeness (QED) is 0.412. The van der Waals surface area contributed by atoms with Crippen LogP contribution < -0.4 is 5.73 Å². The molecule has 3 nitrogen and oxygen atoms in total. The normalized spacial score (nSPS) is 11.7. The minimum Gasteiger partial charge on any atom is -0.386 e. The van der Waals surface area contributed by atoms with Crippen LogP contribution >= 0.6 is 22.9 Å². The first kappa shape index (κ1) is 15.7. The SMILES string of the molecule is Cc1ccc(-c2csc(-c3cccc(N=C(N)CCl)c3)n2)cc1. The molecule has 0 aliphatic carbocycles. The molecule has 1 aromatic heterocycles. The average molecular weight is 342 g/mol. The zero-order valence-electron chi connectivity index (χ0n) is 12.7. The van der Waals surface area contributed by atoms with Gasteiger partial charge in [-0.3, -0.25) is 0 Å². The van der Waals surface area contributed by atoms with E-state index >= 15 is 0 Å². The Morgan fingerprint density at radius 1 is 1.17 bits per heavy atom. The van der Waals surface area contributed by atoms with Crippen molar-refractivity contribution in [3.63, 3.8) is 0 Å². The smallest absolute Gasteiger partial charge is 0.124 e. The molecule has 0 saturated heterocycles. The van der Waals surface area contributed by atoms with Gasteiger partial charge in [-0.2, -0.15) is 0 Å². The maximum Gasteiger partial charge on any atom is 0.124 e. The van der Waals surface area contributed by atoms with Crippen LogP contribution in [0.2, 0.25) is 0 Å². The number of thiazole rings is 1. The van der Waals surface area contributed by atoms with Gasteiger partial charge in [0.05, 0.1) is 17.3 Å². The van der Waals surface area contributed by atoms with Crippen molar-refractivity contribution in [2.45, 2.75) is 6.92 Å². The number of rotatable bonds is 4. The van der Waals surface area contributed by atoms with Gasteiger partial charge in [-0.25, -0.2) is 9.98 Å². The number of hydrogen-bond acceptors (Lipinski definition) is 3. The molecule has 0 aliphatic heterocycles. The third-order valence-electron chi connectivity index (χ3n) is 3.35. The fourth-order valence-electron chi connectivity index (χ4n) is 2.17. The molecule has 116 valence electrons. The maximum atomic E-state index is 5.69. The van der Waals surface area contributed by atoms with E-state index in [4.69, 9.17) is 22.3 Å². The topological polar surface area (TPSA) is 51.3 Å². The summed E-state index contributed by atoms with van der Waals surface area (Å²) in [5, 5.41) is 3.03. The molecular weight excluding hydrogens is 326 g/mol. The largest absolute Gasteiger partial charge is 0.386 e. The Balaban J connectivity index is 1.91. The van der Waals surface area contributed by atoms with Crippen LogP contribution in [0.5, 0.6) is 0 Å². The number of aryl methyl sites for hydroxylation is 1. The summed E-state index contributed by atoms with van der Waals surface area (Å²) in [6.07, 6.45) is 0. The highest BCUT2D eigenvalue weighted by Gasteiger charge is 2.07. The van der Waals surface area contributed by atoms with E-state index in [1.54, 1.807) is 11.3 Å². The van der Waals surface area contributed by atoms with Crippen LogP contribution in [0.1, 0.15) is 5.56 Å². The van der Waals surface area contributed by atoms with Gasteiger partial charge in [-0.1, -0.05) is 42.0 Å². The fraction of sp³-hybridized carbons (Fsp3) is 0.111. The molecule has 5 heteroatoms. The fourth-order valence-corrected chi connectivity index (χ4v) is 3.05. The van der Waals surface area contributed by atoms with E-state index in [9.17, 15) is 0 Å². The lowest BCUT2D eigenvalue weighted by Gasteiger charge is -2.00. The summed E-state index contributed by atoms with van der Waals surface area (Å²) in [5.41, 5.74) is 10.9. The van der Waals surface area contributed by atoms with Gasteiger partial charge in [0.2, 0.25) is 0 Å². The minimum absolute atomic E-state index is 0.221. The van der Waals surface area contributed by atoms with Crippen molar-refractivity contribution in [1.82, 2.24) is 4.98 Å². The van der Waals surface area contributed by atoms with Crippen molar-refractivity contribution in [2.24, 2.45) is 10.7 Å². The van der Waals surface area contributed by atoms with Crippen LogP contribution in [-0.4, -0.2) is 16.7 Å². The standard InChI is InChI=1S/C18H16ClN3S/c1-12-5-7-13(8-6-12)16-11-23-18(22-16)14-3-2-4-15(9-14)21-17(20)10-19/h2-9,11H,10H2,1H3,(H2,20,21). The van der Waals surface area contributed by atoms with Gasteiger partial charge in [0.15, 0.2) is 0 Å². The zero-order valence-corrected chi connectivity index (χ0v) is 14.2. The third-order valence-corrected chi connectivity index (χ3v) is 4.52. The molecule has 0 unspecified atom stereocenters. The van der Waals surface area contributed by atoms with Gasteiger partial charge in [-0.15, -0.1) is 22.9 Å². The number of alkyl halides is 1. The van der Waals surface area contributed by atoms with Crippen LogP contribution in [0.4, 0.5) is 5.69 Å². The molecule has 2 aromatic carbocycles. The van der Waals surface area contributed by atoms with Gasteiger partial charge >= 0.3 is 0 Å². The summed E-state index contributed by atoms with van der Waals surface area (Å²) in [7, 11) is 0. The lowest BCUT2D eigenvalue weighted by atomic mass is 10.1. The van der Waals surface area contributed by atoms with E-state index in [2.05, 4.69) is 41.6 Å². The highest BCUT2D eigenvalue weighted by Crippen LogP contribution is 2.30. The molecule has 0 atom stereocenters. The highest BCUT2D eigenvalue weighted by molar-refractivity contribution is 7.13. The van der Waals surface area contributed by atoms with Crippen molar-refractivity contribution < 1.29 is 0 Å². The highest BCUT2D eigenvalue weighted by atomic mass is 35.5. The average Bonchev–Trinajstić information content (AvgIpc) is 3.06. The van der Waals surface area contributed by atoms with Gasteiger partial charge in [0.1, 0.15) is 10.8 Å². The summed E-state index contributed by atoms with van der Waals surface area (Å²) in [4.78, 5) is 9.01. The summed E-state index contributed by atoms with van der Waals surface area (Å²) >= 11 is 7.29. The first-order valence-corrected chi connectivity index (χ1v) is 8.59. The van der Waals surface area contributed by atoms with Crippen LogP contribution in [0, 0.1) is 6.92 Å². The second kappa shape index (κ2) is 6.94. The molecule has 1 heterocycles. The third kappa shape index (κ3) is 3.78. The molecule has 0 aliphatic rings. The van der Waals surface area contributed by atoms with Gasteiger partial charge in [0.25, 0.3) is 0 Å². The molecule has 23 heavy (non-hydrogen) atoms. The Bertz CT molecular complexity index is 837.